The maximum absolute atomic E-state index is 12.2. The van der Waals surface area contributed by atoms with Crippen LogP contribution in [-0.2, 0) is 14.3 Å². The third kappa shape index (κ3) is 5.86. The first-order valence-electron chi connectivity index (χ1n) is 8.52. The van der Waals surface area contributed by atoms with Crippen molar-refractivity contribution < 1.29 is 33.3 Å². The van der Waals surface area contributed by atoms with Crippen LogP contribution in [0.5, 0.6) is 17.2 Å². The molecule has 0 aliphatic rings. The fraction of sp³-hybridized carbons (Fsp3) is 0.250. The van der Waals surface area contributed by atoms with Crippen molar-refractivity contribution in [2.45, 2.75) is 6.92 Å². The fourth-order valence-corrected chi connectivity index (χ4v) is 2.49. The van der Waals surface area contributed by atoms with Crippen LogP contribution in [0.1, 0.15) is 17.3 Å². The number of anilines is 2. The molecule has 9 heteroatoms. The van der Waals surface area contributed by atoms with Gasteiger partial charge in [0.25, 0.3) is 5.91 Å². The quantitative estimate of drug-likeness (QED) is 0.652. The van der Waals surface area contributed by atoms with Crippen LogP contribution < -0.4 is 24.8 Å². The lowest BCUT2D eigenvalue weighted by molar-refractivity contribution is -0.119. The van der Waals surface area contributed by atoms with Gasteiger partial charge < -0.3 is 29.6 Å². The Morgan fingerprint density at radius 2 is 1.52 bits per heavy atom. The van der Waals surface area contributed by atoms with Crippen molar-refractivity contribution in [3.8, 4) is 17.2 Å². The van der Waals surface area contributed by atoms with Crippen LogP contribution in [0.15, 0.2) is 36.4 Å². The van der Waals surface area contributed by atoms with Crippen molar-refractivity contribution >= 4 is 29.2 Å². The van der Waals surface area contributed by atoms with Gasteiger partial charge in [-0.25, -0.2) is 4.79 Å². The molecule has 2 aromatic rings. The van der Waals surface area contributed by atoms with Crippen molar-refractivity contribution in [2.75, 3.05) is 38.6 Å². The Bertz CT molecular complexity index is 886. The highest BCUT2D eigenvalue weighted by Gasteiger charge is 2.16. The van der Waals surface area contributed by atoms with E-state index in [0.717, 1.165) is 0 Å². The molecule has 2 amide bonds. The average molecular weight is 402 g/mol. The normalized spacial score (nSPS) is 9.93. The molecule has 0 atom stereocenters. The second kappa shape index (κ2) is 9.98. The van der Waals surface area contributed by atoms with E-state index in [-0.39, 0.29) is 11.5 Å². The van der Waals surface area contributed by atoms with E-state index in [1.807, 2.05) is 0 Å². The zero-order chi connectivity index (χ0) is 21.4. The topological polar surface area (TPSA) is 112 Å². The first-order valence-corrected chi connectivity index (χ1v) is 8.52. The van der Waals surface area contributed by atoms with Gasteiger partial charge in [0.05, 0.1) is 26.9 Å². The molecule has 9 nitrogen and oxygen atoms in total. The third-order valence-corrected chi connectivity index (χ3v) is 3.70. The number of ether oxygens (including phenoxy) is 4. The lowest BCUT2D eigenvalue weighted by atomic mass is 10.2. The number of carbonyl (C=O) groups is 3. The van der Waals surface area contributed by atoms with Gasteiger partial charge in [-0.15, -0.1) is 0 Å². The van der Waals surface area contributed by atoms with E-state index >= 15 is 0 Å². The Hall–Kier alpha value is -3.75. The number of hydrogen-bond acceptors (Lipinski definition) is 7. The Morgan fingerprint density at radius 3 is 2.07 bits per heavy atom. The van der Waals surface area contributed by atoms with Gasteiger partial charge >= 0.3 is 5.97 Å². The predicted molar refractivity (Wildman–Crippen MR) is 106 cm³/mol. The highest BCUT2D eigenvalue weighted by Crippen LogP contribution is 2.39. The molecule has 0 radical (unpaired) electrons. The van der Waals surface area contributed by atoms with E-state index < -0.39 is 18.5 Å². The van der Waals surface area contributed by atoms with Crippen LogP contribution in [0.2, 0.25) is 0 Å². The summed E-state index contributed by atoms with van der Waals surface area (Å²) in [4.78, 5) is 35.4. The molecule has 0 saturated heterocycles. The molecule has 0 spiro atoms. The number of hydrogen-bond donors (Lipinski definition) is 2. The number of benzene rings is 2. The van der Waals surface area contributed by atoms with Crippen molar-refractivity contribution in [1.82, 2.24) is 0 Å². The summed E-state index contributed by atoms with van der Waals surface area (Å²) in [6, 6.07) is 9.31. The van der Waals surface area contributed by atoms with Gasteiger partial charge in [0.2, 0.25) is 11.7 Å². The van der Waals surface area contributed by atoms with Crippen LogP contribution in [-0.4, -0.2) is 45.7 Å². The minimum atomic E-state index is -0.697. The zero-order valence-electron chi connectivity index (χ0n) is 16.5. The van der Waals surface area contributed by atoms with Crippen molar-refractivity contribution in [2.24, 2.45) is 0 Å². The monoisotopic (exact) mass is 402 g/mol. The van der Waals surface area contributed by atoms with Crippen molar-refractivity contribution in [3.05, 3.63) is 42.0 Å². The smallest absolute Gasteiger partial charge is 0.338 e. The second-order valence-corrected chi connectivity index (χ2v) is 5.80. The van der Waals surface area contributed by atoms with Crippen LogP contribution in [0.25, 0.3) is 0 Å². The van der Waals surface area contributed by atoms with E-state index in [2.05, 4.69) is 10.6 Å². The number of amides is 2. The summed E-state index contributed by atoms with van der Waals surface area (Å²) < 4.78 is 20.7. The summed E-state index contributed by atoms with van der Waals surface area (Å²) >= 11 is 0. The molecular weight excluding hydrogens is 380 g/mol. The Balaban J connectivity index is 2.01. The molecule has 0 bridgehead atoms. The zero-order valence-corrected chi connectivity index (χ0v) is 16.5. The van der Waals surface area contributed by atoms with Crippen LogP contribution in [0.3, 0.4) is 0 Å². The summed E-state index contributed by atoms with van der Waals surface area (Å²) in [6.45, 7) is 0.859. The average Bonchev–Trinajstić information content (AvgIpc) is 2.70. The second-order valence-electron chi connectivity index (χ2n) is 5.80. The number of esters is 1. The maximum atomic E-state index is 12.2. The number of methoxy groups -OCH3 is 3. The molecule has 0 aromatic heterocycles. The Morgan fingerprint density at radius 1 is 0.862 bits per heavy atom. The van der Waals surface area contributed by atoms with Crippen LogP contribution in [0, 0.1) is 0 Å². The molecular formula is C20H22N2O7. The lowest BCUT2D eigenvalue weighted by Gasteiger charge is -2.14. The summed E-state index contributed by atoms with van der Waals surface area (Å²) in [5.41, 5.74) is 1.04. The van der Waals surface area contributed by atoms with Gasteiger partial charge in [-0.05, 0) is 18.2 Å². The minimum Gasteiger partial charge on any atom is -0.493 e. The molecule has 154 valence electrons. The summed E-state index contributed by atoms with van der Waals surface area (Å²) in [6.07, 6.45) is 0. The van der Waals surface area contributed by atoms with Crippen LogP contribution in [0.4, 0.5) is 11.4 Å². The largest absolute Gasteiger partial charge is 0.493 e. The van der Waals surface area contributed by atoms with E-state index in [0.29, 0.717) is 28.6 Å². The first-order chi connectivity index (χ1) is 13.9. The van der Waals surface area contributed by atoms with E-state index in [1.54, 1.807) is 24.3 Å². The molecule has 0 fully saturated rings. The summed E-state index contributed by atoms with van der Waals surface area (Å²) in [5, 5.41) is 5.17. The van der Waals surface area contributed by atoms with E-state index in [9.17, 15) is 14.4 Å². The van der Waals surface area contributed by atoms with Gasteiger partial charge in [0.15, 0.2) is 18.1 Å². The maximum Gasteiger partial charge on any atom is 0.338 e. The standard InChI is InChI=1S/C20H22N2O7/c1-12(23)21-14-7-5-6-13(8-14)20(25)29-11-18(24)22-15-9-16(26-2)19(28-4)17(10-15)27-3/h5-10H,11H2,1-4H3,(H,21,23)(H,22,24). The van der Waals surface area contributed by atoms with Crippen molar-refractivity contribution in [1.29, 1.82) is 0 Å². The Labute approximate surface area is 167 Å². The fourth-order valence-electron chi connectivity index (χ4n) is 2.49. The molecule has 29 heavy (non-hydrogen) atoms. The highest BCUT2D eigenvalue weighted by molar-refractivity contribution is 5.97. The van der Waals surface area contributed by atoms with Gasteiger partial charge in [0.1, 0.15) is 0 Å². The first kappa shape index (κ1) is 21.5. The molecule has 0 saturated carbocycles. The Kier molecular flexibility index (Phi) is 7.41. The van der Waals surface area contributed by atoms with Gasteiger partial charge in [-0.2, -0.15) is 0 Å². The molecule has 2 N–H and O–H groups in total. The SMILES string of the molecule is COc1cc(NC(=O)COC(=O)c2cccc(NC(C)=O)c2)cc(OC)c1OC. The lowest BCUT2D eigenvalue weighted by Crippen LogP contribution is -2.21. The molecule has 0 aliphatic heterocycles. The summed E-state index contributed by atoms with van der Waals surface area (Å²) in [7, 11) is 4.39. The number of nitrogens with one attached hydrogen (secondary N) is 2. The van der Waals surface area contributed by atoms with E-state index in [4.69, 9.17) is 18.9 Å². The number of rotatable bonds is 8. The highest BCUT2D eigenvalue weighted by atomic mass is 16.5. The minimum absolute atomic E-state index is 0.205. The molecule has 2 aromatic carbocycles. The molecule has 2 rings (SSSR count). The molecule has 0 heterocycles. The van der Waals surface area contributed by atoms with Gasteiger partial charge in [-0.3, -0.25) is 9.59 Å². The van der Waals surface area contributed by atoms with Gasteiger partial charge in [0, 0.05) is 30.4 Å². The predicted octanol–water partition coefficient (Wildman–Crippen LogP) is 2.47. The molecule has 0 unspecified atom stereocenters. The summed E-state index contributed by atoms with van der Waals surface area (Å²) in [5.74, 6) is -0.385. The van der Waals surface area contributed by atoms with Crippen molar-refractivity contribution in [3.63, 3.8) is 0 Å². The van der Waals surface area contributed by atoms with Gasteiger partial charge in [-0.1, -0.05) is 6.07 Å². The van der Waals surface area contributed by atoms with Crippen LogP contribution >= 0.6 is 0 Å². The van der Waals surface area contributed by atoms with E-state index in [1.165, 1.54) is 40.4 Å². The third-order valence-electron chi connectivity index (χ3n) is 3.70. The number of carbonyl (C=O) groups excluding carboxylic acids is 3. The molecule has 0 aliphatic carbocycles.